The van der Waals surface area contributed by atoms with Gasteiger partial charge in [-0.2, -0.15) is 0 Å². The number of alkyl halides is 2. The van der Waals surface area contributed by atoms with Crippen molar-refractivity contribution in [1.29, 1.82) is 0 Å². The van der Waals surface area contributed by atoms with Crippen LogP contribution in [0.5, 0.6) is 0 Å². The quantitative estimate of drug-likeness (QED) is 0.692. The average molecular weight is 258 g/mol. The fourth-order valence-corrected chi connectivity index (χ4v) is 1.22. The van der Waals surface area contributed by atoms with Crippen LogP contribution in [-0.4, -0.2) is 16.4 Å². The van der Waals surface area contributed by atoms with Crippen molar-refractivity contribution in [2.75, 3.05) is 10.7 Å². The minimum Gasteiger partial charge on any atom is -0.300 e. The van der Waals surface area contributed by atoms with Crippen LogP contribution in [0, 0.1) is 0 Å². The third-order valence-corrected chi connectivity index (χ3v) is 1.92. The molecule has 0 fully saturated rings. The summed E-state index contributed by atoms with van der Waals surface area (Å²) in [6, 6.07) is 0. The summed E-state index contributed by atoms with van der Waals surface area (Å²) in [5.74, 6) is 0.353. The standard InChI is InChI=1S/C6H10Br2O/c7-4-1-2-6(9)3-5-8/h1-5H2. The average Bonchev–Trinajstić information content (AvgIpc) is 1.85. The summed E-state index contributed by atoms with van der Waals surface area (Å²) in [5, 5.41) is 1.73. The highest BCUT2D eigenvalue weighted by atomic mass is 79.9. The molecular formula is C6H10Br2O. The molecule has 54 valence electrons. The van der Waals surface area contributed by atoms with E-state index in [4.69, 9.17) is 0 Å². The van der Waals surface area contributed by atoms with E-state index in [1.54, 1.807) is 0 Å². The molecule has 0 aromatic carbocycles. The molecule has 0 aliphatic carbocycles. The highest BCUT2D eigenvalue weighted by molar-refractivity contribution is 9.09. The van der Waals surface area contributed by atoms with E-state index in [0.29, 0.717) is 12.2 Å². The SMILES string of the molecule is O=C(CCBr)CCCBr. The molecular weight excluding hydrogens is 248 g/mol. The van der Waals surface area contributed by atoms with Crippen LogP contribution >= 0.6 is 31.9 Å². The summed E-state index contributed by atoms with van der Waals surface area (Å²) in [4.78, 5) is 10.8. The number of ketones is 1. The van der Waals surface area contributed by atoms with Crippen LogP contribution in [0.3, 0.4) is 0 Å². The number of halogens is 2. The molecule has 0 N–H and O–H groups in total. The van der Waals surface area contributed by atoms with E-state index < -0.39 is 0 Å². The predicted molar refractivity (Wildman–Crippen MR) is 46.4 cm³/mol. The summed E-state index contributed by atoms with van der Waals surface area (Å²) < 4.78 is 0. The highest BCUT2D eigenvalue weighted by Gasteiger charge is 1.97. The topological polar surface area (TPSA) is 17.1 Å². The fraction of sp³-hybridized carbons (Fsp3) is 0.833. The van der Waals surface area contributed by atoms with Crippen LogP contribution in [0.15, 0.2) is 0 Å². The Hall–Kier alpha value is 0.630. The van der Waals surface area contributed by atoms with Gasteiger partial charge in [0.1, 0.15) is 5.78 Å². The largest absolute Gasteiger partial charge is 0.300 e. The first-order valence-corrected chi connectivity index (χ1v) is 5.19. The first-order valence-electron chi connectivity index (χ1n) is 2.95. The van der Waals surface area contributed by atoms with E-state index in [1.807, 2.05) is 0 Å². The lowest BCUT2D eigenvalue weighted by molar-refractivity contribution is -0.118. The van der Waals surface area contributed by atoms with Gasteiger partial charge in [0.25, 0.3) is 0 Å². The third kappa shape index (κ3) is 6.52. The summed E-state index contributed by atoms with van der Waals surface area (Å²) in [5.41, 5.74) is 0. The van der Waals surface area contributed by atoms with Gasteiger partial charge in [0.2, 0.25) is 0 Å². The number of carbonyl (C=O) groups is 1. The van der Waals surface area contributed by atoms with Crippen molar-refractivity contribution in [3.05, 3.63) is 0 Å². The molecule has 0 radical (unpaired) electrons. The normalized spacial score (nSPS) is 9.56. The van der Waals surface area contributed by atoms with Crippen LogP contribution in [0.1, 0.15) is 19.3 Å². The minimum atomic E-state index is 0.353. The maximum absolute atomic E-state index is 10.8. The molecule has 0 saturated carbocycles. The first kappa shape index (κ1) is 9.63. The van der Waals surface area contributed by atoms with E-state index in [1.165, 1.54) is 0 Å². The molecule has 3 heteroatoms. The Morgan fingerprint density at radius 2 is 1.78 bits per heavy atom. The van der Waals surface area contributed by atoms with Gasteiger partial charge >= 0.3 is 0 Å². The van der Waals surface area contributed by atoms with E-state index in [0.717, 1.165) is 23.5 Å². The second-order valence-corrected chi connectivity index (χ2v) is 3.36. The van der Waals surface area contributed by atoms with Crippen LogP contribution in [0.4, 0.5) is 0 Å². The smallest absolute Gasteiger partial charge is 0.133 e. The molecule has 0 saturated heterocycles. The summed E-state index contributed by atoms with van der Waals surface area (Å²) in [7, 11) is 0. The maximum atomic E-state index is 10.8. The molecule has 1 nitrogen and oxygen atoms in total. The van der Waals surface area contributed by atoms with Crippen molar-refractivity contribution in [3.8, 4) is 0 Å². The van der Waals surface area contributed by atoms with Gasteiger partial charge in [-0.15, -0.1) is 0 Å². The second kappa shape index (κ2) is 6.75. The lowest BCUT2D eigenvalue weighted by Crippen LogP contribution is -1.97. The molecule has 0 amide bonds. The summed E-state index contributed by atoms with van der Waals surface area (Å²) in [6.07, 6.45) is 2.36. The van der Waals surface area contributed by atoms with Crippen molar-refractivity contribution in [2.45, 2.75) is 19.3 Å². The van der Waals surface area contributed by atoms with Gasteiger partial charge < -0.3 is 0 Å². The number of rotatable bonds is 5. The molecule has 0 unspecified atom stereocenters. The Kier molecular flexibility index (Phi) is 7.22. The zero-order chi connectivity index (χ0) is 7.11. The van der Waals surface area contributed by atoms with E-state index in [9.17, 15) is 4.79 Å². The van der Waals surface area contributed by atoms with Gasteiger partial charge in [-0.1, -0.05) is 31.9 Å². The molecule has 0 spiro atoms. The number of carbonyl (C=O) groups excluding carboxylic acids is 1. The van der Waals surface area contributed by atoms with Gasteiger partial charge in [0, 0.05) is 23.5 Å². The molecule has 9 heavy (non-hydrogen) atoms. The Balaban J connectivity index is 3.06. The van der Waals surface area contributed by atoms with Gasteiger partial charge in [-0.25, -0.2) is 0 Å². The van der Waals surface area contributed by atoms with Crippen LogP contribution in [-0.2, 0) is 4.79 Å². The molecule has 0 aliphatic heterocycles. The lowest BCUT2D eigenvalue weighted by atomic mass is 10.2. The highest BCUT2D eigenvalue weighted by Crippen LogP contribution is 1.99. The minimum absolute atomic E-state index is 0.353. The van der Waals surface area contributed by atoms with Crippen molar-refractivity contribution >= 4 is 37.6 Å². The van der Waals surface area contributed by atoms with Gasteiger partial charge in [0.05, 0.1) is 0 Å². The van der Waals surface area contributed by atoms with Gasteiger partial charge in [-0.3, -0.25) is 4.79 Å². The summed E-state index contributed by atoms with van der Waals surface area (Å²) in [6.45, 7) is 0. The number of hydrogen-bond donors (Lipinski definition) is 0. The Morgan fingerprint density at radius 1 is 1.11 bits per heavy atom. The number of hydrogen-bond acceptors (Lipinski definition) is 1. The van der Waals surface area contributed by atoms with Crippen LogP contribution < -0.4 is 0 Å². The van der Waals surface area contributed by atoms with E-state index in [2.05, 4.69) is 31.9 Å². The first-order chi connectivity index (χ1) is 4.31. The third-order valence-electron chi connectivity index (χ3n) is 0.963. The van der Waals surface area contributed by atoms with Crippen molar-refractivity contribution in [2.24, 2.45) is 0 Å². The van der Waals surface area contributed by atoms with Crippen molar-refractivity contribution in [3.63, 3.8) is 0 Å². The van der Waals surface area contributed by atoms with Crippen LogP contribution in [0.2, 0.25) is 0 Å². The fourth-order valence-electron chi connectivity index (χ4n) is 0.494. The monoisotopic (exact) mass is 256 g/mol. The molecule has 0 heterocycles. The Morgan fingerprint density at radius 3 is 2.22 bits per heavy atom. The molecule has 0 atom stereocenters. The van der Waals surface area contributed by atoms with Crippen molar-refractivity contribution in [1.82, 2.24) is 0 Å². The zero-order valence-corrected chi connectivity index (χ0v) is 8.37. The van der Waals surface area contributed by atoms with Gasteiger partial charge in [0.15, 0.2) is 0 Å². The lowest BCUT2D eigenvalue weighted by Gasteiger charge is -1.92. The Labute approximate surface area is 72.5 Å². The second-order valence-electron chi connectivity index (χ2n) is 1.77. The molecule has 0 aliphatic rings. The number of Topliss-reactive ketones (excluding diaryl/α,β-unsaturated/α-hetero) is 1. The van der Waals surface area contributed by atoms with E-state index >= 15 is 0 Å². The van der Waals surface area contributed by atoms with Crippen molar-refractivity contribution < 1.29 is 4.79 Å². The van der Waals surface area contributed by atoms with E-state index in [-0.39, 0.29) is 0 Å². The Bertz CT molecular complexity index is 83.1. The zero-order valence-electron chi connectivity index (χ0n) is 5.20. The summed E-state index contributed by atoms with van der Waals surface area (Å²) >= 11 is 6.47. The van der Waals surface area contributed by atoms with Gasteiger partial charge in [-0.05, 0) is 6.42 Å². The van der Waals surface area contributed by atoms with Crippen LogP contribution in [0.25, 0.3) is 0 Å². The molecule has 0 rings (SSSR count). The molecule has 0 aromatic rings. The maximum Gasteiger partial charge on any atom is 0.133 e. The molecule has 0 bridgehead atoms. The predicted octanol–water partition coefficient (Wildman–Crippen LogP) is 2.52. The molecule has 0 aromatic heterocycles.